The molecule has 0 aromatic carbocycles. The van der Waals surface area contributed by atoms with Crippen molar-refractivity contribution in [1.82, 2.24) is 10.6 Å². The smallest absolute Gasteiger partial charge is 0.00768 e. The molecule has 0 aromatic rings. The van der Waals surface area contributed by atoms with Gasteiger partial charge in [-0.05, 0) is 35.8 Å². The Morgan fingerprint density at radius 2 is 0.944 bits per heavy atom. The first-order valence-electron chi connectivity index (χ1n) is 7.46. The van der Waals surface area contributed by atoms with E-state index in [1.165, 1.54) is 0 Å². The summed E-state index contributed by atoms with van der Waals surface area (Å²) in [6.07, 6.45) is 0. The van der Waals surface area contributed by atoms with Crippen molar-refractivity contribution in [3.8, 4) is 0 Å². The van der Waals surface area contributed by atoms with E-state index in [4.69, 9.17) is 0 Å². The summed E-state index contributed by atoms with van der Waals surface area (Å²) in [5.74, 6) is 1.43. The van der Waals surface area contributed by atoms with E-state index in [-0.39, 0.29) is 0 Å². The summed E-state index contributed by atoms with van der Waals surface area (Å²) in [5.41, 5.74) is 0.808. The zero-order valence-electron chi connectivity index (χ0n) is 14.0. The van der Waals surface area contributed by atoms with Gasteiger partial charge in [-0.3, -0.25) is 0 Å². The zero-order chi connectivity index (χ0) is 14.4. The molecule has 0 unspecified atom stereocenters. The van der Waals surface area contributed by atoms with Gasteiger partial charge in [0.15, 0.2) is 0 Å². The van der Waals surface area contributed by atoms with Crippen LogP contribution in [0.4, 0.5) is 0 Å². The highest BCUT2D eigenvalue weighted by molar-refractivity contribution is 4.73. The van der Waals surface area contributed by atoms with Gasteiger partial charge in [0.25, 0.3) is 0 Å². The minimum atomic E-state index is 0.404. The summed E-state index contributed by atoms with van der Waals surface area (Å²) >= 11 is 0. The first-order chi connectivity index (χ1) is 8.05. The average Bonchev–Trinajstić information content (AvgIpc) is 2.19. The van der Waals surface area contributed by atoms with Crippen LogP contribution in [0.1, 0.15) is 55.4 Å². The molecule has 0 fully saturated rings. The Morgan fingerprint density at radius 3 is 1.17 bits per heavy atom. The van der Waals surface area contributed by atoms with Crippen LogP contribution in [0.5, 0.6) is 0 Å². The fraction of sp³-hybridized carbons (Fsp3) is 1.00. The molecular formula is C16H36N2. The second-order valence-corrected chi connectivity index (χ2v) is 7.94. The van der Waals surface area contributed by atoms with Crippen molar-refractivity contribution in [2.45, 2.75) is 55.4 Å². The maximum atomic E-state index is 3.54. The third-order valence-electron chi connectivity index (χ3n) is 4.34. The van der Waals surface area contributed by atoms with Gasteiger partial charge in [-0.1, -0.05) is 55.4 Å². The molecule has 110 valence electrons. The summed E-state index contributed by atoms with van der Waals surface area (Å²) in [6, 6.07) is 0. The Kier molecular flexibility index (Phi) is 7.46. The third kappa shape index (κ3) is 8.10. The van der Waals surface area contributed by atoms with E-state index in [1.54, 1.807) is 0 Å². The first kappa shape index (κ1) is 17.9. The van der Waals surface area contributed by atoms with Gasteiger partial charge in [0.1, 0.15) is 0 Å². The van der Waals surface area contributed by atoms with Crippen molar-refractivity contribution in [3.63, 3.8) is 0 Å². The van der Waals surface area contributed by atoms with Crippen LogP contribution in [-0.2, 0) is 0 Å². The Morgan fingerprint density at radius 1 is 0.667 bits per heavy atom. The summed E-state index contributed by atoms with van der Waals surface area (Å²) in [4.78, 5) is 0. The Balaban J connectivity index is 3.53. The Hall–Kier alpha value is -0.0800. The molecule has 0 rings (SSSR count). The van der Waals surface area contributed by atoms with Crippen LogP contribution in [0.25, 0.3) is 0 Å². The van der Waals surface area contributed by atoms with Gasteiger partial charge in [-0.2, -0.15) is 0 Å². The molecule has 18 heavy (non-hydrogen) atoms. The Bertz CT molecular complexity index is 186. The highest BCUT2D eigenvalue weighted by atomic mass is 14.9. The summed E-state index contributed by atoms with van der Waals surface area (Å²) in [7, 11) is 0. The zero-order valence-corrected chi connectivity index (χ0v) is 14.0. The van der Waals surface area contributed by atoms with E-state index < -0.39 is 0 Å². The third-order valence-corrected chi connectivity index (χ3v) is 4.34. The molecule has 2 N–H and O–H groups in total. The van der Waals surface area contributed by atoms with Crippen LogP contribution in [0.3, 0.4) is 0 Å². The van der Waals surface area contributed by atoms with Crippen LogP contribution in [0.15, 0.2) is 0 Å². The van der Waals surface area contributed by atoms with Gasteiger partial charge in [0.2, 0.25) is 0 Å². The van der Waals surface area contributed by atoms with Gasteiger partial charge < -0.3 is 10.6 Å². The molecule has 0 amide bonds. The summed E-state index contributed by atoms with van der Waals surface area (Å²) in [5, 5.41) is 7.08. The molecule has 0 radical (unpaired) electrons. The van der Waals surface area contributed by atoms with E-state index >= 15 is 0 Å². The topological polar surface area (TPSA) is 24.1 Å². The van der Waals surface area contributed by atoms with E-state index in [1.807, 2.05) is 0 Å². The molecular weight excluding hydrogens is 220 g/mol. The number of hydrogen-bond donors (Lipinski definition) is 2. The second-order valence-electron chi connectivity index (χ2n) is 7.94. The summed E-state index contributed by atoms with van der Waals surface area (Å²) < 4.78 is 0. The van der Waals surface area contributed by atoms with Crippen molar-refractivity contribution in [2.24, 2.45) is 22.7 Å². The van der Waals surface area contributed by atoms with Gasteiger partial charge in [-0.25, -0.2) is 0 Å². The van der Waals surface area contributed by atoms with E-state index in [2.05, 4.69) is 66.0 Å². The molecule has 2 atom stereocenters. The van der Waals surface area contributed by atoms with Gasteiger partial charge >= 0.3 is 0 Å². The van der Waals surface area contributed by atoms with Crippen LogP contribution in [-0.4, -0.2) is 26.2 Å². The van der Waals surface area contributed by atoms with Crippen LogP contribution in [0, 0.1) is 22.7 Å². The fourth-order valence-electron chi connectivity index (χ4n) is 1.43. The van der Waals surface area contributed by atoms with Crippen molar-refractivity contribution in [3.05, 3.63) is 0 Å². The van der Waals surface area contributed by atoms with Gasteiger partial charge in [0, 0.05) is 13.1 Å². The first-order valence-corrected chi connectivity index (χ1v) is 7.46. The lowest BCUT2D eigenvalue weighted by Gasteiger charge is -2.28. The lowest BCUT2D eigenvalue weighted by atomic mass is 9.82. The minimum Gasteiger partial charge on any atom is -0.315 e. The number of hydrogen-bond acceptors (Lipinski definition) is 2. The molecule has 2 nitrogen and oxygen atoms in total. The molecule has 2 heteroatoms. The predicted molar refractivity (Wildman–Crippen MR) is 83.0 cm³/mol. The fourth-order valence-corrected chi connectivity index (χ4v) is 1.43. The van der Waals surface area contributed by atoms with Gasteiger partial charge in [-0.15, -0.1) is 0 Å². The normalized spacial score (nSPS) is 16.7. The van der Waals surface area contributed by atoms with Crippen LogP contribution >= 0.6 is 0 Å². The van der Waals surface area contributed by atoms with Crippen LogP contribution < -0.4 is 10.6 Å². The number of rotatable bonds is 7. The molecule has 0 saturated heterocycles. The maximum absolute atomic E-state index is 3.54. The minimum absolute atomic E-state index is 0.404. The largest absolute Gasteiger partial charge is 0.315 e. The SMILES string of the molecule is C[C@@H](CNCCNC[C@H](C)C(C)(C)C)C(C)(C)C. The highest BCUT2D eigenvalue weighted by Crippen LogP contribution is 2.24. The molecule has 0 aliphatic carbocycles. The molecule has 0 spiro atoms. The van der Waals surface area contributed by atoms with Crippen molar-refractivity contribution < 1.29 is 0 Å². The molecule has 0 aromatic heterocycles. The van der Waals surface area contributed by atoms with Gasteiger partial charge in [0.05, 0.1) is 0 Å². The lowest BCUT2D eigenvalue weighted by Crippen LogP contribution is -2.36. The molecule has 0 heterocycles. The van der Waals surface area contributed by atoms with E-state index in [0.29, 0.717) is 22.7 Å². The standard InChI is InChI=1S/C16H36N2/c1-13(15(3,4)5)11-17-9-10-18-12-14(2)16(6,7)8/h13-14,17-18H,9-12H2,1-8H3/t13-,14-/m0/s1. The lowest BCUT2D eigenvalue weighted by molar-refractivity contribution is 0.246. The predicted octanol–water partition coefficient (Wildman–Crippen LogP) is 3.53. The molecule has 0 saturated carbocycles. The quantitative estimate of drug-likeness (QED) is 0.681. The molecule has 0 bridgehead atoms. The van der Waals surface area contributed by atoms with Crippen molar-refractivity contribution >= 4 is 0 Å². The number of nitrogens with one attached hydrogen (secondary N) is 2. The van der Waals surface area contributed by atoms with E-state index in [0.717, 1.165) is 26.2 Å². The molecule has 0 aliphatic heterocycles. The maximum Gasteiger partial charge on any atom is 0.00768 e. The average molecular weight is 256 g/mol. The Labute approximate surface area is 115 Å². The molecule has 0 aliphatic rings. The van der Waals surface area contributed by atoms with Crippen molar-refractivity contribution in [1.29, 1.82) is 0 Å². The monoisotopic (exact) mass is 256 g/mol. The van der Waals surface area contributed by atoms with Crippen molar-refractivity contribution in [2.75, 3.05) is 26.2 Å². The van der Waals surface area contributed by atoms with E-state index in [9.17, 15) is 0 Å². The second kappa shape index (κ2) is 7.49. The summed E-state index contributed by atoms with van der Waals surface area (Å²) in [6.45, 7) is 22.8. The van der Waals surface area contributed by atoms with Crippen LogP contribution in [0.2, 0.25) is 0 Å². The highest BCUT2D eigenvalue weighted by Gasteiger charge is 2.20.